The molecule has 0 spiro atoms. The minimum atomic E-state index is -4.96. The van der Waals surface area contributed by atoms with E-state index in [1.807, 2.05) is 0 Å². The lowest BCUT2D eigenvalue weighted by Crippen LogP contribution is -2.39. The zero-order chi connectivity index (χ0) is 15.8. The van der Waals surface area contributed by atoms with Crippen LogP contribution in [0.1, 0.15) is 22.8 Å². The number of carbonyl (C=O) groups is 1. The molecule has 1 saturated heterocycles. The van der Waals surface area contributed by atoms with Gasteiger partial charge in [0, 0.05) is 6.54 Å². The maximum absolute atomic E-state index is 12.9. The first kappa shape index (κ1) is 15.6. The molecule has 0 radical (unpaired) electrons. The molecule has 1 aliphatic heterocycles. The van der Waals surface area contributed by atoms with Gasteiger partial charge in [0.05, 0.1) is 11.1 Å². The molecule has 1 atom stereocenters. The first-order valence-electron chi connectivity index (χ1n) is 5.75. The standard InChI is InChI=1S/C12H9F6NO2/c13-11(14,15)6-1-2-7(8(3-6)12(16,17)18)9-4-19-10(20)5-21-9/h1-3,9H,4-5H2,(H,19,20)/t9-/m0/s1. The van der Waals surface area contributed by atoms with Crippen LogP contribution in [-0.2, 0) is 21.9 Å². The molecule has 0 bridgehead atoms. The van der Waals surface area contributed by atoms with Gasteiger partial charge in [-0.2, -0.15) is 26.3 Å². The Morgan fingerprint density at radius 3 is 2.24 bits per heavy atom. The van der Waals surface area contributed by atoms with E-state index in [0.717, 1.165) is 6.07 Å². The molecule has 9 heteroatoms. The molecule has 1 heterocycles. The molecule has 2 rings (SSSR count). The van der Waals surface area contributed by atoms with E-state index >= 15 is 0 Å². The zero-order valence-corrected chi connectivity index (χ0v) is 10.3. The lowest BCUT2D eigenvalue weighted by molar-refractivity contribution is -0.145. The van der Waals surface area contributed by atoms with Crippen molar-refractivity contribution in [3.05, 3.63) is 34.9 Å². The molecule has 1 aromatic rings. The van der Waals surface area contributed by atoms with Crippen LogP contribution in [0.2, 0.25) is 0 Å². The Balaban J connectivity index is 2.43. The lowest BCUT2D eigenvalue weighted by atomic mass is 9.98. The maximum atomic E-state index is 12.9. The summed E-state index contributed by atoms with van der Waals surface area (Å²) in [4.78, 5) is 10.9. The van der Waals surface area contributed by atoms with E-state index in [9.17, 15) is 31.1 Å². The Hall–Kier alpha value is -1.77. The third kappa shape index (κ3) is 3.46. The average Bonchev–Trinajstić information content (AvgIpc) is 2.37. The molecule has 3 nitrogen and oxygen atoms in total. The van der Waals surface area contributed by atoms with Gasteiger partial charge in [-0.05, 0) is 17.7 Å². The summed E-state index contributed by atoms with van der Waals surface area (Å²) in [7, 11) is 0. The average molecular weight is 313 g/mol. The number of hydrogen-bond acceptors (Lipinski definition) is 2. The van der Waals surface area contributed by atoms with Gasteiger partial charge >= 0.3 is 12.4 Å². The molecule has 116 valence electrons. The maximum Gasteiger partial charge on any atom is 0.416 e. The van der Waals surface area contributed by atoms with Crippen LogP contribution < -0.4 is 5.32 Å². The topological polar surface area (TPSA) is 38.3 Å². The fourth-order valence-electron chi connectivity index (χ4n) is 1.95. The Morgan fingerprint density at radius 2 is 1.76 bits per heavy atom. The molecule has 0 aliphatic carbocycles. The van der Waals surface area contributed by atoms with Gasteiger partial charge < -0.3 is 10.1 Å². The van der Waals surface area contributed by atoms with Crippen molar-refractivity contribution in [3.63, 3.8) is 0 Å². The fraction of sp³-hybridized carbons (Fsp3) is 0.417. The van der Waals surface area contributed by atoms with Crippen molar-refractivity contribution in [1.82, 2.24) is 5.32 Å². The van der Waals surface area contributed by atoms with Crippen LogP contribution in [-0.4, -0.2) is 19.1 Å². The molecular weight excluding hydrogens is 304 g/mol. The zero-order valence-electron chi connectivity index (χ0n) is 10.3. The highest BCUT2D eigenvalue weighted by Crippen LogP contribution is 2.39. The van der Waals surface area contributed by atoms with E-state index in [-0.39, 0.29) is 12.6 Å². The van der Waals surface area contributed by atoms with Gasteiger partial charge in [-0.15, -0.1) is 0 Å². The van der Waals surface area contributed by atoms with Crippen molar-refractivity contribution < 1.29 is 35.9 Å². The van der Waals surface area contributed by atoms with Crippen molar-refractivity contribution in [2.24, 2.45) is 0 Å². The van der Waals surface area contributed by atoms with E-state index in [1.54, 1.807) is 0 Å². The van der Waals surface area contributed by atoms with Crippen molar-refractivity contribution in [1.29, 1.82) is 0 Å². The van der Waals surface area contributed by atoms with Gasteiger partial charge in [0.15, 0.2) is 0 Å². The highest BCUT2D eigenvalue weighted by Gasteiger charge is 2.40. The van der Waals surface area contributed by atoms with Crippen LogP contribution in [0.15, 0.2) is 18.2 Å². The summed E-state index contributed by atoms with van der Waals surface area (Å²) < 4.78 is 81.3. The van der Waals surface area contributed by atoms with Crippen molar-refractivity contribution >= 4 is 5.91 Å². The third-order valence-corrected chi connectivity index (χ3v) is 2.93. The number of halogens is 6. The molecule has 0 aromatic heterocycles. The van der Waals surface area contributed by atoms with Crippen LogP contribution in [0.3, 0.4) is 0 Å². The minimum Gasteiger partial charge on any atom is -0.362 e. The number of benzene rings is 1. The summed E-state index contributed by atoms with van der Waals surface area (Å²) in [6.45, 7) is -0.670. The van der Waals surface area contributed by atoms with E-state index in [1.165, 1.54) is 0 Å². The summed E-state index contributed by atoms with van der Waals surface area (Å²) in [5, 5.41) is 2.30. The van der Waals surface area contributed by atoms with Crippen LogP contribution in [0.5, 0.6) is 0 Å². The van der Waals surface area contributed by atoms with Gasteiger partial charge in [-0.25, -0.2) is 0 Å². The number of alkyl halides is 6. The largest absolute Gasteiger partial charge is 0.416 e. The summed E-state index contributed by atoms with van der Waals surface area (Å²) >= 11 is 0. The molecule has 0 unspecified atom stereocenters. The van der Waals surface area contributed by atoms with Crippen molar-refractivity contribution in [3.8, 4) is 0 Å². The molecule has 21 heavy (non-hydrogen) atoms. The normalized spacial score (nSPS) is 20.3. The second-order valence-electron chi connectivity index (χ2n) is 4.40. The van der Waals surface area contributed by atoms with E-state index in [0.29, 0.717) is 6.07 Å². The summed E-state index contributed by atoms with van der Waals surface area (Å²) in [6.07, 6.45) is -11.0. The number of amides is 1. The molecular formula is C12H9F6NO2. The second-order valence-corrected chi connectivity index (χ2v) is 4.40. The molecule has 0 saturated carbocycles. The Kier molecular flexibility index (Phi) is 3.87. The minimum absolute atomic E-state index is 0.0507. The summed E-state index contributed by atoms with van der Waals surface area (Å²) in [6, 6.07) is 1.34. The van der Waals surface area contributed by atoms with Gasteiger partial charge in [-0.1, -0.05) is 6.07 Å². The molecule has 1 fully saturated rings. The second kappa shape index (κ2) is 5.21. The molecule has 1 aromatic carbocycles. The SMILES string of the molecule is O=C1CO[C@H](c2ccc(C(F)(F)F)cc2C(F)(F)F)CN1. The molecule has 1 N–H and O–H groups in total. The molecule has 1 aliphatic rings. The fourth-order valence-corrected chi connectivity index (χ4v) is 1.95. The van der Waals surface area contributed by atoms with E-state index in [4.69, 9.17) is 4.74 Å². The smallest absolute Gasteiger partial charge is 0.362 e. The Labute approximate surface area is 114 Å². The van der Waals surface area contributed by atoms with Gasteiger partial charge in [0.1, 0.15) is 12.7 Å². The van der Waals surface area contributed by atoms with Gasteiger partial charge in [-0.3, -0.25) is 4.79 Å². The van der Waals surface area contributed by atoms with E-state index < -0.39 is 47.7 Å². The van der Waals surface area contributed by atoms with Gasteiger partial charge in [0.25, 0.3) is 0 Å². The van der Waals surface area contributed by atoms with Crippen molar-refractivity contribution in [2.45, 2.75) is 18.5 Å². The predicted molar refractivity (Wildman–Crippen MR) is 58.1 cm³/mol. The monoisotopic (exact) mass is 313 g/mol. The first-order chi connectivity index (χ1) is 9.59. The van der Waals surface area contributed by atoms with Crippen LogP contribution in [0.4, 0.5) is 26.3 Å². The number of nitrogens with one attached hydrogen (secondary N) is 1. The number of morpholine rings is 1. The van der Waals surface area contributed by atoms with Gasteiger partial charge in [0.2, 0.25) is 5.91 Å². The number of hydrogen-bond donors (Lipinski definition) is 1. The molecule has 1 amide bonds. The summed E-state index contributed by atoms with van der Waals surface area (Å²) in [5.41, 5.74) is -3.24. The van der Waals surface area contributed by atoms with E-state index in [2.05, 4.69) is 5.32 Å². The lowest BCUT2D eigenvalue weighted by Gasteiger charge is -2.26. The van der Waals surface area contributed by atoms with Crippen LogP contribution in [0.25, 0.3) is 0 Å². The first-order valence-corrected chi connectivity index (χ1v) is 5.75. The highest BCUT2D eigenvalue weighted by molar-refractivity contribution is 5.77. The predicted octanol–water partition coefficient (Wildman–Crippen LogP) is 2.91. The van der Waals surface area contributed by atoms with Crippen molar-refractivity contribution in [2.75, 3.05) is 13.2 Å². The third-order valence-electron chi connectivity index (χ3n) is 2.93. The number of ether oxygens (including phenoxy) is 1. The number of rotatable bonds is 1. The summed E-state index contributed by atoms with van der Waals surface area (Å²) in [5.74, 6) is -0.494. The quantitative estimate of drug-likeness (QED) is 0.810. The Morgan fingerprint density at radius 1 is 1.10 bits per heavy atom. The Bertz CT molecular complexity index is 542. The number of carbonyl (C=O) groups excluding carboxylic acids is 1. The van der Waals surface area contributed by atoms with Crippen LogP contribution in [0, 0.1) is 0 Å². The van der Waals surface area contributed by atoms with Crippen LogP contribution >= 0.6 is 0 Å². The highest BCUT2D eigenvalue weighted by atomic mass is 19.4.